The summed E-state index contributed by atoms with van der Waals surface area (Å²) >= 11 is 0. The second-order valence-corrected chi connectivity index (χ2v) is 15.2. The third-order valence-electron chi connectivity index (χ3n) is 9.92. The number of unbranched alkanes of at least 4 members (excludes halogenated alkanes) is 15. The van der Waals surface area contributed by atoms with Crippen molar-refractivity contribution in [2.45, 2.75) is 174 Å². The van der Waals surface area contributed by atoms with Gasteiger partial charge >= 0.3 is 5.97 Å². The molecule has 14 nitrogen and oxygen atoms in total. The van der Waals surface area contributed by atoms with E-state index in [1.807, 2.05) is 6.92 Å². The molecule has 4 N–H and O–H groups in total. The molecule has 0 saturated carbocycles. The van der Waals surface area contributed by atoms with Gasteiger partial charge in [0.25, 0.3) is 0 Å². The molecule has 0 bridgehead atoms. The van der Waals surface area contributed by atoms with Crippen molar-refractivity contribution < 1.29 is 52.8 Å². The molecule has 3 amide bonds. The SMILES string of the molecule is CCCCCCCCCCCCCCCCCC(=O)N[C@@H](CCC(=O)CCCOCCOCC(=O)NCCOCCOCC(=O)NCCCC[C@@H](C=O)CC)C(=O)O. The van der Waals surface area contributed by atoms with Crippen molar-refractivity contribution in [1.82, 2.24) is 16.0 Å². The average molecular weight is 828 g/mol. The van der Waals surface area contributed by atoms with E-state index in [1.54, 1.807) is 0 Å². The van der Waals surface area contributed by atoms with Gasteiger partial charge in [0.2, 0.25) is 17.7 Å². The molecule has 0 radical (unpaired) electrons. The first-order valence-corrected chi connectivity index (χ1v) is 22.6. The van der Waals surface area contributed by atoms with Gasteiger partial charge in [-0.1, -0.05) is 110 Å². The maximum absolute atomic E-state index is 12.3. The molecule has 58 heavy (non-hydrogen) atoms. The Hall–Kier alpha value is -2.94. The Balaban J connectivity index is 3.65. The summed E-state index contributed by atoms with van der Waals surface area (Å²) in [5, 5.41) is 17.6. The first-order valence-electron chi connectivity index (χ1n) is 22.6. The normalized spacial score (nSPS) is 12.2. The highest BCUT2D eigenvalue weighted by atomic mass is 16.5. The number of hydrogen-bond donors (Lipinski definition) is 4. The fraction of sp³-hybridized carbons (Fsp3) is 0.864. The van der Waals surface area contributed by atoms with E-state index in [2.05, 4.69) is 22.9 Å². The number of carbonyl (C=O) groups excluding carboxylic acids is 5. The van der Waals surface area contributed by atoms with Crippen LogP contribution in [0.25, 0.3) is 0 Å². The van der Waals surface area contributed by atoms with Crippen molar-refractivity contribution in [3.63, 3.8) is 0 Å². The quantitative estimate of drug-likeness (QED) is 0.0380. The van der Waals surface area contributed by atoms with Crippen LogP contribution < -0.4 is 16.0 Å². The van der Waals surface area contributed by atoms with Gasteiger partial charge in [-0.2, -0.15) is 0 Å². The van der Waals surface area contributed by atoms with Gasteiger partial charge < -0.3 is 44.8 Å². The number of ether oxygens (including phenoxy) is 4. The molecule has 0 aliphatic carbocycles. The maximum atomic E-state index is 12.3. The molecule has 0 aliphatic rings. The minimum atomic E-state index is -1.13. The van der Waals surface area contributed by atoms with Gasteiger partial charge in [-0.05, 0) is 38.5 Å². The Kier molecular flexibility index (Phi) is 40.1. The first kappa shape index (κ1) is 55.1. The number of carboxylic acid groups (broad SMARTS) is 1. The van der Waals surface area contributed by atoms with Gasteiger partial charge in [-0.3, -0.25) is 19.2 Å². The predicted octanol–water partition coefficient (Wildman–Crippen LogP) is 6.64. The Morgan fingerprint density at radius 3 is 1.57 bits per heavy atom. The van der Waals surface area contributed by atoms with E-state index in [9.17, 15) is 33.9 Å². The highest BCUT2D eigenvalue weighted by Gasteiger charge is 2.20. The van der Waals surface area contributed by atoms with Crippen molar-refractivity contribution >= 4 is 35.8 Å². The van der Waals surface area contributed by atoms with E-state index in [1.165, 1.54) is 77.0 Å². The highest BCUT2D eigenvalue weighted by Crippen LogP contribution is 2.14. The monoisotopic (exact) mass is 828 g/mol. The van der Waals surface area contributed by atoms with Crippen LogP contribution in [0, 0.1) is 5.92 Å². The highest BCUT2D eigenvalue weighted by molar-refractivity contribution is 5.84. The van der Waals surface area contributed by atoms with Crippen LogP contribution in [0.15, 0.2) is 0 Å². The van der Waals surface area contributed by atoms with E-state index in [-0.39, 0.29) is 94.9 Å². The lowest BCUT2D eigenvalue weighted by Crippen LogP contribution is -2.41. The molecule has 14 heteroatoms. The van der Waals surface area contributed by atoms with Crippen molar-refractivity contribution in [2.75, 3.05) is 65.9 Å². The van der Waals surface area contributed by atoms with Crippen LogP contribution in [0.3, 0.4) is 0 Å². The Bertz CT molecular complexity index is 1050. The number of aldehydes is 1. The molecule has 0 aromatic rings. The fourth-order valence-electron chi connectivity index (χ4n) is 6.24. The summed E-state index contributed by atoms with van der Waals surface area (Å²) in [6, 6.07) is -1.08. The number of amides is 3. The number of ketones is 1. The second-order valence-electron chi connectivity index (χ2n) is 15.2. The number of rotatable bonds is 45. The van der Waals surface area contributed by atoms with Gasteiger partial charge in [0.1, 0.15) is 31.3 Å². The number of carboxylic acids is 1. The standard InChI is InChI=1S/C44H81N3O11/c1-3-5-6-7-8-9-10-11-12-13-14-15-16-17-18-24-41(50)47-40(44(53)54)26-25-39(49)23-21-29-55-31-33-57-37-43(52)46-28-30-56-32-34-58-36-42(51)45-27-20-19-22-38(4-2)35-48/h35,38,40H,3-34,36-37H2,1-2H3,(H,45,51)(H,46,52)(H,47,50)(H,53,54)/t38-,40-/m0/s1. The zero-order chi connectivity index (χ0) is 42.7. The Labute approximate surface area is 349 Å². The number of carbonyl (C=O) groups is 6. The molecular weight excluding hydrogens is 746 g/mol. The summed E-state index contributed by atoms with van der Waals surface area (Å²) in [7, 11) is 0. The van der Waals surface area contributed by atoms with Crippen LogP contribution >= 0.6 is 0 Å². The number of Topliss-reactive ketones (excluding diaryl/α,β-unsaturated/α-hetero) is 1. The molecule has 0 spiro atoms. The molecule has 0 saturated heterocycles. The van der Waals surface area contributed by atoms with Crippen LogP contribution in [0.1, 0.15) is 168 Å². The van der Waals surface area contributed by atoms with E-state index in [4.69, 9.17) is 18.9 Å². The number of aliphatic carboxylic acids is 1. The minimum absolute atomic E-state index is 0.0537. The lowest BCUT2D eigenvalue weighted by Gasteiger charge is -2.14. The zero-order valence-corrected chi connectivity index (χ0v) is 36.3. The van der Waals surface area contributed by atoms with E-state index >= 15 is 0 Å². The molecular formula is C44H81N3O11. The second kappa shape index (κ2) is 42.2. The van der Waals surface area contributed by atoms with Gasteiger partial charge in [-0.15, -0.1) is 0 Å². The van der Waals surface area contributed by atoms with E-state index < -0.39 is 12.0 Å². The Morgan fingerprint density at radius 2 is 1.03 bits per heavy atom. The fourth-order valence-corrected chi connectivity index (χ4v) is 6.24. The summed E-state index contributed by atoms with van der Waals surface area (Å²) < 4.78 is 21.4. The van der Waals surface area contributed by atoms with Crippen molar-refractivity contribution in [2.24, 2.45) is 5.92 Å². The molecule has 0 aromatic carbocycles. The molecule has 0 heterocycles. The summed E-state index contributed by atoms with van der Waals surface area (Å²) in [5.41, 5.74) is 0. The number of nitrogens with one attached hydrogen (secondary N) is 3. The molecule has 0 aromatic heterocycles. The van der Waals surface area contributed by atoms with Crippen LogP contribution in [0.5, 0.6) is 0 Å². The third-order valence-corrected chi connectivity index (χ3v) is 9.92. The third kappa shape index (κ3) is 38.6. The van der Waals surface area contributed by atoms with E-state index in [0.717, 1.165) is 51.2 Å². The van der Waals surface area contributed by atoms with Crippen molar-refractivity contribution in [1.29, 1.82) is 0 Å². The zero-order valence-electron chi connectivity index (χ0n) is 36.3. The van der Waals surface area contributed by atoms with Gasteiger partial charge in [0.15, 0.2) is 0 Å². The lowest BCUT2D eigenvalue weighted by molar-refractivity contribution is -0.142. The molecule has 0 aliphatic heterocycles. The molecule has 0 rings (SSSR count). The smallest absolute Gasteiger partial charge is 0.326 e. The molecule has 0 unspecified atom stereocenters. The first-order chi connectivity index (χ1) is 28.2. The maximum Gasteiger partial charge on any atom is 0.326 e. The summed E-state index contributed by atoms with van der Waals surface area (Å²) in [6.07, 6.45) is 24.1. The van der Waals surface area contributed by atoms with Crippen LogP contribution in [0.4, 0.5) is 0 Å². The minimum Gasteiger partial charge on any atom is -0.480 e. The van der Waals surface area contributed by atoms with Gasteiger partial charge in [0, 0.05) is 44.9 Å². The van der Waals surface area contributed by atoms with E-state index in [0.29, 0.717) is 32.5 Å². The topological polar surface area (TPSA) is 196 Å². The molecule has 0 fully saturated rings. The van der Waals surface area contributed by atoms with Crippen molar-refractivity contribution in [3.8, 4) is 0 Å². The summed E-state index contributed by atoms with van der Waals surface area (Å²) in [5.74, 6) is -1.89. The number of hydrogen-bond acceptors (Lipinski definition) is 10. The summed E-state index contributed by atoms with van der Waals surface area (Å²) in [6.45, 7) is 6.53. The van der Waals surface area contributed by atoms with Crippen LogP contribution in [0.2, 0.25) is 0 Å². The van der Waals surface area contributed by atoms with Gasteiger partial charge in [0.05, 0.1) is 33.0 Å². The molecule has 338 valence electrons. The van der Waals surface area contributed by atoms with Crippen molar-refractivity contribution in [3.05, 3.63) is 0 Å². The Morgan fingerprint density at radius 1 is 0.517 bits per heavy atom. The van der Waals surface area contributed by atoms with Gasteiger partial charge in [-0.25, -0.2) is 4.79 Å². The van der Waals surface area contributed by atoms with Crippen LogP contribution in [-0.4, -0.2) is 113 Å². The van der Waals surface area contributed by atoms with Crippen LogP contribution in [-0.2, 0) is 47.7 Å². The molecule has 2 atom stereocenters. The average Bonchev–Trinajstić information content (AvgIpc) is 3.21. The summed E-state index contributed by atoms with van der Waals surface area (Å²) in [4.78, 5) is 70.8. The largest absolute Gasteiger partial charge is 0.480 e. The lowest BCUT2D eigenvalue weighted by atomic mass is 10.0. The predicted molar refractivity (Wildman–Crippen MR) is 226 cm³/mol.